The van der Waals surface area contributed by atoms with Crippen molar-refractivity contribution in [3.8, 4) is 0 Å². The van der Waals surface area contributed by atoms with Gasteiger partial charge in [-0.15, -0.1) is 11.3 Å². The third kappa shape index (κ3) is 2.40. The van der Waals surface area contributed by atoms with Crippen LogP contribution in [0.1, 0.15) is 9.67 Å². The molecule has 4 rings (SSSR count). The van der Waals surface area contributed by atoms with E-state index in [0.29, 0.717) is 27.0 Å². The van der Waals surface area contributed by atoms with E-state index in [-0.39, 0.29) is 17.4 Å². The molecule has 23 heavy (non-hydrogen) atoms. The molecule has 0 saturated heterocycles. The van der Waals surface area contributed by atoms with E-state index in [1.54, 1.807) is 36.4 Å². The maximum atomic E-state index is 13.7. The van der Waals surface area contributed by atoms with Crippen LogP contribution < -0.4 is 11.0 Å². The molecular formula is C16H10FN3O2S. The quantitative estimate of drug-likeness (QED) is 0.527. The van der Waals surface area contributed by atoms with E-state index in [1.165, 1.54) is 17.4 Å². The van der Waals surface area contributed by atoms with Crippen LogP contribution in [0.25, 0.3) is 21.1 Å². The van der Waals surface area contributed by atoms with Gasteiger partial charge in [0.1, 0.15) is 5.82 Å². The van der Waals surface area contributed by atoms with Crippen molar-refractivity contribution in [1.82, 2.24) is 9.97 Å². The van der Waals surface area contributed by atoms with Gasteiger partial charge in [-0.3, -0.25) is 4.79 Å². The highest BCUT2D eigenvalue weighted by atomic mass is 32.1. The van der Waals surface area contributed by atoms with Gasteiger partial charge in [0.2, 0.25) is 0 Å². The van der Waals surface area contributed by atoms with Crippen LogP contribution in [0.5, 0.6) is 0 Å². The van der Waals surface area contributed by atoms with E-state index < -0.39 is 0 Å². The highest BCUT2D eigenvalue weighted by Crippen LogP contribution is 2.28. The van der Waals surface area contributed by atoms with Crippen molar-refractivity contribution in [3.63, 3.8) is 0 Å². The number of amides is 1. The minimum absolute atomic E-state index is 0.302. The zero-order chi connectivity index (χ0) is 16.0. The summed E-state index contributed by atoms with van der Waals surface area (Å²) in [5.74, 6) is -0.660. The maximum absolute atomic E-state index is 13.7. The van der Waals surface area contributed by atoms with Crippen LogP contribution >= 0.6 is 11.3 Å². The Balaban J connectivity index is 1.67. The maximum Gasteiger partial charge on any atom is 0.323 e. The lowest BCUT2D eigenvalue weighted by molar-refractivity contribution is 0.103. The summed E-state index contributed by atoms with van der Waals surface area (Å²) in [6, 6.07) is 11.4. The fourth-order valence-electron chi connectivity index (χ4n) is 2.44. The molecule has 7 heteroatoms. The number of H-pyrrole nitrogens is 2. The smallest absolute Gasteiger partial charge is 0.321 e. The zero-order valence-corrected chi connectivity index (χ0v) is 12.5. The van der Waals surface area contributed by atoms with Crippen molar-refractivity contribution in [1.29, 1.82) is 0 Å². The van der Waals surface area contributed by atoms with E-state index in [2.05, 4.69) is 15.3 Å². The van der Waals surface area contributed by atoms with Gasteiger partial charge in [-0.05, 0) is 36.4 Å². The summed E-state index contributed by atoms with van der Waals surface area (Å²) in [4.78, 5) is 29.3. The Bertz CT molecular complexity index is 1110. The topological polar surface area (TPSA) is 77.8 Å². The molecule has 2 aromatic heterocycles. The summed E-state index contributed by atoms with van der Waals surface area (Å²) < 4.78 is 14.4. The minimum Gasteiger partial charge on any atom is -0.321 e. The molecule has 0 fully saturated rings. The lowest BCUT2D eigenvalue weighted by Crippen LogP contribution is -2.09. The Morgan fingerprint density at radius 2 is 1.91 bits per heavy atom. The van der Waals surface area contributed by atoms with Crippen molar-refractivity contribution in [2.24, 2.45) is 0 Å². The van der Waals surface area contributed by atoms with Crippen molar-refractivity contribution < 1.29 is 9.18 Å². The lowest BCUT2D eigenvalue weighted by atomic mass is 10.2. The molecule has 2 aromatic carbocycles. The number of benzene rings is 2. The number of thiophene rings is 1. The first kappa shape index (κ1) is 13.7. The van der Waals surface area contributed by atoms with E-state index >= 15 is 0 Å². The van der Waals surface area contributed by atoms with Gasteiger partial charge < -0.3 is 15.3 Å². The monoisotopic (exact) mass is 327 g/mol. The number of halogens is 1. The predicted molar refractivity (Wildman–Crippen MR) is 88.7 cm³/mol. The van der Waals surface area contributed by atoms with Crippen LogP contribution in [0.4, 0.5) is 10.1 Å². The normalized spacial score (nSPS) is 11.2. The fraction of sp³-hybridized carbons (Fsp3) is 0. The molecule has 0 spiro atoms. The molecule has 0 atom stereocenters. The van der Waals surface area contributed by atoms with Gasteiger partial charge in [-0.25, -0.2) is 9.18 Å². The van der Waals surface area contributed by atoms with E-state index in [0.717, 1.165) is 4.70 Å². The van der Waals surface area contributed by atoms with Gasteiger partial charge in [-0.2, -0.15) is 0 Å². The molecule has 0 bridgehead atoms. The molecule has 3 N–H and O–H groups in total. The summed E-state index contributed by atoms with van der Waals surface area (Å²) in [7, 11) is 0. The Morgan fingerprint density at radius 3 is 2.74 bits per heavy atom. The molecule has 1 amide bonds. The average molecular weight is 327 g/mol. The Hall–Kier alpha value is -2.93. The van der Waals surface area contributed by atoms with Crippen LogP contribution in [0, 0.1) is 5.82 Å². The Labute approximate surface area is 132 Å². The third-order valence-corrected chi connectivity index (χ3v) is 4.60. The second-order valence-corrected chi connectivity index (χ2v) is 6.14. The first-order valence-electron chi connectivity index (χ1n) is 6.81. The number of hydrogen-bond acceptors (Lipinski definition) is 3. The minimum atomic E-state index is -0.343. The summed E-state index contributed by atoms with van der Waals surface area (Å²) in [5, 5.41) is 3.19. The summed E-state index contributed by atoms with van der Waals surface area (Å²) in [6.45, 7) is 0. The highest BCUT2D eigenvalue weighted by molar-refractivity contribution is 7.20. The zero-order valence-electron chi connectivity index (χ0n) is 11.6. The third-order valence-electron chi connectivity index (χ3n) is 3.51. The number of anilines is 1. The Kier molecular flexibility index (Phi) is 3.02. The molecule has 0 saturated carbocycles. The van der Waals surface area contributed by atoms with Crippen LogP contribution in [0.3, 0.4) is 0 Å². The van der Waals surface area contributed by atoms with Crippen molar-refractivity contribution >= 4 is 44.1 Å². The first-order chi connectivity index (χ1) is 11.1. The number of aromatic nitrogens is 2. The standard InChI is InChI=1S/C16H10FN3O2S/c17-10-2-1-3-13-9(10)7-14(23-13)15(21)18-8-4-5-11-12(6-8)20-16(22)19-11/h1-7H,(H,18,21)(H2,19,20,22). The number of hydrogen-bond donors (Lipinski definition) is 3. The lowest BCUT2D eigenvalue weighted by Gasteiger charge is -2.03. The molecule has 0 aliphatic carbocycles. The van der Waals surface area contributed by atoms with Crippen molar-refractivity contribution in [2.45, 2.75) is 0 Å². The molecule has 4 aromatic rings. The molecule has 0 radical (unpaired) electrons. The van der Waals surface area contributed by atoms with Crippen LogP contribution in [0.2, 0.25) is 0 Å². The van der Waals surface area contributed by atoms with E-state index in [4.69, 9.17) is 0 Å². The molecule has 114 valence electrons. The molecular weight excluding hydrogens is 317 g/mol. The number of carbonyl (C=O) groups is 1. The molecule has 5 nitrogen and oxygen atoms in total. The van der Waals surface area contributed by atoms with Crippen LogP contribution in [0.15, 0.2) is 47.3 Å². The number of fused-ring (bicyclic) bond motifs is 2. The van der Waals surface area contributed by atoms with Gasteiger partial charge in [0, 0.05) is 15.8 Å². The number of carbonyl (C=O) groups excluding carboxylic acids is 1. The predicted octanol–water partition coefficient (Wildman–Crippen LogP) is 3.46. The molecule has 0 aliphatic rings. The summed E-state index contributed by atoms with van der Waals surface area (Å²) in [5.41, 5.74) is 1.52. The number of rotatable bonds is 2. The second-order valence-electron chi connectivity index (χ2n) is 5.06. The van der Waals surface area contributed by atoms with Crippen LogP contribution in [-0.2, 0) is 0 Å². The van der Waals surface area contributed by atoms with Gasteiger partial charge >= 0.3 is 5.69 Å². The summed E-state index contributed by atoms with van der Waals surface area (Å²) >= 11 is 1.23. The molecule has 0 aliphatic heterocycles. The Morgan fingerprint density at radius 1 is 1.09 bits per heavy atom. The average Bonchev–Trinajstić information content (AvgIpc) is 3.10. The number of nitrogens with one attached hydrogen (secondary N) is 3. The fourth-order valence-corrected chi connectivity index (χ4v) is 3.41. The largest absolute Gasteiger partial charge is 0.323 e. The highest BCUT2D eigenvalue weighted by Gasteiger charge is 2.13. The van der Waals surface area contributed by atoms with Gasteiger partial charge in [0.05, 0.1) is 15.9 Å². The van der Waals surface area contributed by atoms with Crippen LogP contribution in [-0.4, -0.2) is 15.9 Å². The van der Waals surface area contributed by atoms with E-state index in [1.807, 2.05) is 0 Å². The molecule has 0 unspecified atom stereocenters. The number of aromatic amines is 2. The summed E-state index contributed by atoms with van der Waals surface area (Å²) in [6.07, 6.45) is 0. The molecule has 2 heterocycles. The first-order valence-corrected chi connectivity index (χ1v) is 7.63. The van der Waals surface area contributed by atoms with E-state index in [9.17, 15) is 14.0 Å². The van der Waals surface area contributed by atoms with Gasteiger partial charge in [0.25, 0.3) is 5.91 Å². The van der Waals surface area contributed by atoms with Gasteiger partial charge in [-0.1, -0.05) is 6.07 Å². The van der Waals surface area contributed by atoms with Crippen molar-refractivity contribution in [2.75, 3.05) is 5.32 Å². The second kappa shape index (κ2) is 5.06. The van der Waals surface area contributed by atoms with Crippen molar-refractivity contribution in [3.05, 3.63) is 63.6 Å². The van der Waals surface area contributed by atoms with Gasteiger partial charge in [0.15, 0.2) is 0 Å². The number of imidazole rings is 1. The SMILES string of the molecule is O=C(Nc1ccc2[nH]c(=O)[nH]c2c1)c1cc2c(F)cccc2s1.